The van der Waals surface area contributed by atoms with Crippen molar-refractivity contribution in [1.82, 2.24) is 9.66 Å². The summed E-state index contributed by atoms with van der Waals surface area (Å²) in [6.07, 6.45) is -2.01. The standard InChI is InChI=1S/C12H11F3N4O2/c1-7-6-19(11(16)18-7)17-5-8-2-3-9(4-10(8)20)21-12(13,14)15/h2-6,20H,1H3,(H2,16,18). The second-order valence-electron chi connectivity index (χ2n) is 4.10. The Bertz CT molecular complexity index is 680. The average molecular weight is 300 g/mol. The van der Waals surface area contributed by atoms with E-state index in [2.05, 4.69) is 14.8 Å². The van der Waals surface area contributed by atoms with Crippen LogP contribution in [0.5, 0.6) is 11.5 Å². The lowest BCUT2D eigenvalue weighted by Crippen LogP contribution is -2.17. The van der Waals surface area contributed by atoms with Crippen LogP contribution in [0.3, 0.4) is 0 Å². The molecule has 3 N–H and O–H groups in total. The summed E-state index contributed by atoms with van der Waals surface area (Å²) in [5.74, 6) is -0.772. The fourth-order valence-electron chi connectivity index (χ4n) is 1.55. The molecule has 0 spiro atoms. The molecule has 0 radical (unpaired) electrons. The Kier molecular flexibility index (Phi) is 3.74. The highest BCUT2D eigenvalue weighted by Crippen LogP contribution is 2.27. The summed E-state index contributed by atoms with van der Waals surface area (Å²) in [5, 5.41) is 13.6. The minimum Gasteiger partial charge on any atom is -0.507 e. The van der Waals surface area contributed by atoms with Crippen LogP contribution >= 0.6 is 0 Å². The van der Waals surface area contributed by atoms with Gasteiger partial charge in [0.2, 0.25) is 5.95 Å². The lowest BCUT2D eigenvalue weighted by molar-refractivity contribution is -0.274. The van der Waals surface area contributed by atoms with Gasteiger partial charge in [-0.2, -0.15) is 5.10 Å². The first-order chi connectivity index (χ1) is 9.74. The SMILES string of the molecule is Cc1cn(N=Cc2ccc(OC(F)(F)F)cc2O)c(N)n1. The Morgan fingerprint density at radius 2 is 2.14 bits per heavy atom. The van der Waals surface area contributed by atoms with E-state index in [9.17, 15) is 18.3 Å². The minimum atomic E-state index is -4.81. The van der Waals surface area contributed by atoms with Gasteiger partial charge in [0.05, 0.1) is 18.1 Å². The molecule has 0 fully saturated rings. The first-order valence-electron chi connectivity index (χ1n) is 5.69. The third kappa shape index (κ3) is 3.88. The van der Waals surface area contributed by atoms with E-state index in [0.29, 0.717) is 5.69 Å². The number of aryl methyl sites for hydroxylation is 1. The molecular formula is C12H11F3N4O2. The molecule has 0 bridgehead atoms. The van der Waals surface area contributed by atoms with Gasteiger partial charge in [0, 0.05) is 11.6 Å². The number of aromatic nitrogens is 2. The topological polar surface area (TPSA) is 85.7 Å². The molecule has 0 amide bonds. The van der Waals surface area contributed by atoms with Crippen molar-refractivity contribution in [2.45, 2.75) is 13.3 Å². The van der Waals surface area contributed by atoms with Crippen molar-refractivity contribution >= 4 is 12.2 Å². The number of aromatic hydroxyl groups is 1. The van der Waals surface area contributed by atoms with Gasteiger partial charge in [-0.1, -0.05) is 0 Å². The maximum absolute atomic E-state index is 12.0. The monoisotopic (exact) mass is 300 g/mol. The molecule has 2 rings (SSSR count). The van der Waals surface area contributed by atoms with Crippen LogP contribution in [-0.2, 0) is 0 Å². The Balaban J connectivity index is 2.20. The van der Waals surface area contributed by atoms with Crippen molar-refractivity contribution < 1.29 is 23.0 Å². The molecular weight excluding hydrogens is 289 g/mol. The predicted molar refractivity (Wildman–Crippen MR) is 69.2 cm³/mol. The maximum Gasteiger partial charge on any atom is 0.573 e. The van der Waals surface area contributed by atoms with Gasteiger partial charge in [0.15, 0.2) is 0 Å². The second-order valence-corrected chi connectivity index (χ2v) is 4.10. The number of nitrogen functional groups attached to an aromatic ring is 1. The number of phenolic OH excluding ortho intramolecular Hbond substituents is 1. The molecule has 6 nitrogen and oxygen atoms in total. The van der Waals surface area contributed by atoms with Crippen molar-refractivity contribution in [2.75, 3.05) is 5.73 Å². The maximum atomic E-state index is 12.0. The van der Waals surface area contributed by atoms with Gasteiger partial charge in [-0.15, -0.1) is 13.2 Å². The third-order valence-corrected chi connectivity index (χ3v) is 2.39. The number of halogens is 3. The first-order valence-corrected chi connectivity index (χ1v) is 5.69. The van der Waals surface area contributed by atoms with E-state index < -0.39 is 17.9 Å². The molecule has 2 aromatic rings. The third-order valence-electron chi connectivity index (χ3n) is 2.39. The molecule has 112 valence electrons. The van der Waals surface area contributed by atoms with E-state index >= 15 is 0 Å². The van der Waals surface area contributed by atoms with Crippen molar-refractivity contribution in [3.8, 4) is 11.5 Å². The van der Waals surface area contributed by atoms with Crippen LogP contribution in [0, 0.1) is 6.92 Å². The molecule has 0 unspecified atom stereocenters. The van der Waals surface area contributed by atoms with E-state index in [4.69, 9.17) is 5.73 Å². The molecule has 0 atom stereocenters. The molecule has 1 aromatic carbocycles. The molecule has 0 aliphatic rings. The highest BCUT2D eigenvalue weighted by Gasteiger charge is 2.31. The van der Waals surface area contributed by atoms with Gasteiger partial charge in [-0.3, -0.25) is 0 Å². The molecule has 0 saturated carbocycles. The van der Waals surface area contributed by atoms with Crippen molar-refractivity contribution in [1.29, 1.82) is 0 Å². The zero-order valence-electron chi connectivity index (χ0n) is 10.8. The second kappa shape index (κ2) is 5.35. The van der Waals surface area contributed by atoms with Crippen LogP contribution in [0.2, 0.25) is 0 Å². The van der Waals surface area contributed by atoms with E-state index in [1.54, 1.807) is 13.1 Å². The number of alkyl halides is 3. The number of ether oxygens (including phenoxy) is 1. The zero-order chi connectivity index (χ0) is 15.6. The lowest BCUT2D eigenvalue weighted by atomic mass is 10.2. The number of hydrogen-bond donors (Lipinski definition) is 2. The van der Waals surface area contributed by atoms with Crippen LogP contribution in [0.15, 0.2) is 29.5 Å². The zero-order valence-corrected chi connectivity index (χ0v) is 10.8. The molecule has 0 aliphatic heterocycles. The molecule has 0 saturated heterocycles. The highest BCUT2D eigenvalue weighted by molar-refractivity contribution is 5.83. The Morgan fingerprint density at radius 1 is 1.43 bits per heavy atom. The summed E-state index contributed by atoms with van der Waals surface area (Å²) in [4.78, 5) is 3.92. The number of rotatable bonds is 3. The van der Waals surface area contributed by atoms with Crippen LogP contribution in [0.25, 0.3) is 0 Å². The highest BCUT2D eigenvalue weighted by atomic mass is 19.4. The molecule has 1 heterocycles. The molecule has 21 heavy (non-hydrogen) atoms. The fourth-order valence-corrected chi connectivity index (χ4v) is 1.55. The van der Waals surface area contributed by atoms with Crippen molar-refractivity contribution in [3.05, 3.63) is 35.7 Å². The predicted octanol–water partition coefficient (Wildman–Crippen LogP) is 2.26. The Hall–Kier alpha value is -2.71. The average Bonchev–Trinajstić information content (AvgIpc) is 2.65. The summed E-state index contributed by atoms with van der Waals surface area (Å²) < 4.78 is 41.1. The number of benzene rings is 1. The van der Waals surface area contributed by atoms with Gasteiger partial charge >= 0.3 is 6.36 Å². The van der Waals surface area contributed by atoms with E-state index in [0.717, 1.165) is 12.1 Å². The van der Waals surface area contributed by atoms with Crippen LogP contribution < -0.4 is 10.5 Å². The summed E-state index contributed by atoms with van der Waals surface area (Å²) in [6.45, 7) is 1.73. The van der Waals surface area contributed by atoms with Gasteiger partial charge in [-0.25, -0.2) is 9.66 Å². The number of nitrogens with two attached hydrogens (primary N) is 1. The normalized spacial score (nSPS) is 12.0. The Morgan fingerprint density at radius 3 is 2.67 bits per heavy atom. The van der Waals surface area contributed by atoms with E-state index in [1.807, 2.05) is 0 Å². The minimum absolute atomic E-state index is 0.153. The van der Waals surface area contributed by atoms with E-state index in [1.165, 1.54) is 17.0 Å². The summed E-state index contributed by atoms with van der Waals surface area (Å²) >= 11 is 0. The van der Waals surface area contributed by atoms with Gasteiger partial charge in [-0.05, 0) is 19.1 Å². The van der Waals surface area contributed by atoms with Crippen molar-refractivity contribution in [3.63, 3.8) is 0 Å². The molecule has 0 aliphatic carbocycles. The summed E-state index contributed by atoms with van der Waals surface area (Å²) in [6, 6.07) is 3.15. The fraction of sp³-hybridized carbons (Fsp3) is 0.167. The van der Waals surface area contributed by atoms with E-state index in [-0.39, 0.29) is 11.5 Å². The summed E-state index contributed by atoms with van der Waals surface area (Å²) in [7, 11) is 0. The number of hydrogen-bond acceptors (Lipinski definition) is 5. The quantitative estimate of drug-likeness (QED) is 0.851. The van der Waals surface area contributed by atoms with Gasteiger partial charge in [0.1, 0.15) is 11.5 Å². The van der Waals surface area contributed by atoms with Crippen molar-refractivity contribution in [2.24, 2.45) is 5.10 Å². The Labute approximate surface area is 117 Å². The number of imidazole rings is 1. The van der Waals surface area contributed by atoms with Gasteiger partial charge < -0.3 is 15.6 Å². The molecule has 1 aromatic heterocycles. The number of anilines is 1. The molecule has 9 heteroatoms. The van der Waals surface area contributed by atoms with Crippen LogP contribution in [0.1, 0.15) is 11.3 Å². The first kappa shape index (κ1) is 14.7. The number of phenols is 1. The van der Waals surface area contributed by atoms with Crippen LogP contribution in [-0.4, -0.2) is 27.3 Å². The largest absolute Gasteiger partial charge is 0.573 e. The van der Waals surface area contributed by atoms with Crippen LogP contribution in [0.4, 0.5) is 19.1 Å². The number of nitrogens with zero attached hydrogens (tertiary/aromatic N) is 3. The smallest absolute Gasteiger partial charge is 0.507 e. The lowest BCUT2D eigenvalue weighted by Gasteiger charge is -2.09. The van der Waals surface area contributed by atoms with Gasteiger partial charge in [0.25, 0.3) is 0 Å². The summed E-state index contributed by atoms with van der Waals surface area (Å²) in [5.41, 5.74) is 6.43.